The summed E-state index contributed by atoms with van der Waals surface area (Å²) in [6, 6.07) is 6.66. The van der Waals surface area contributed by atoms with Gasteiger partial charge in [0.05, 0.1) is 7.11 Å². The van der Waals surface area contributed by atoms with Gasteiger partial charge < -0.3 is 10.1 Å². The third-order valence-electron chi connectivity index (χ3n) is 4.27. The maximum absolute atomic E-state index is 5.56. The maximum Gasteiger partial charge on any atom is 0.123 e. The van der Waals surface area contributed by atoms with Crippen LogP contribution >= 0.6 is 0 Å². The Labute approximate surface area is 129 Å². The van der Waals surface area contributed by atoms with Crippen LogP contribution in [0.25, 0.3) is 0 Å². The van der Waals surface area contributed by atoms with Gasteiger partial charge in [0.2, 0.25) is 0 Å². The van der Waals surface area contributed by atoms with Gasteiger partial charge in [0.1, 0.15) is 5.75 Å². The van der Waals surface area contributed by atoms with Crippen LogP contribution < -0.4 is 10.1 Å². The SMILES string of the molecule is CCNCc1ccc(CN2CC(C)CC(C)C2)cc1OC. The van der Waals surface area contributed by atoms with Gasteiger partial charge in [-0.1, -0.05) is 32.9 Å². The lowest BCUT2D eigenvalue weighted by atomic mass is 9.91. The van der Waals surface area contributed by atoms with E-state index in [4.69, 9.17) is 4.74 Å². The van der Waals surface area contributed by atoms with Crippen molar-refractivity contribution in [2.24, 2.45) is 11.8 Å². The Balaban J connectivity index is 2.03. The van der Waals surface area contributed by atoms with Gasteiger partial charge >= 0.3 is 0 Å². The van der Waals surface area contributed by atoms with Crippen molar-refractivity contribution in [1.82, 2.24) is 10.2 Å². The number of nitrogens with zero attached hydrogens (tertiary/aromatic N) is 1. The van der Waals surface area contributed by atoms with Crippen LogP contribution in [-0.4, -0.2) is 31.6 Å². The number of piperidine rings is 1. The van der Waals surface area contributed by atoms with Gasteiger partial charge in [0, 0.05) is 31.7 Å². The Hall–Kier alpha value is -1.06. The molecule has 1 heterocycles. The van der Waals surface area contributed by atoms with Crippen LogP contribution in [0.2, 0.25) is 0 Å². The monoisotopic (exact) mass is 290 g/mol. The molecule has 2 unspecified atom stereocenters. The van der Waals surface area contributed by atoms with E-state index in [-0.39, 0.29) is 0 Å². The highest BCUT2D eigenvalue weighted by Crippen LogP contribution is 2.25. The molecule has 2 rings (SSSR count). The molecular formula is C18H30N2O. The lowest BCUT2D eigenvalue weighted by Crippen LogP contribution is -2.38. The standard InChI is InChI=1S/C18H30N2O/c1-5-19-10-17-7-6-16(9-18(17)21-4)13-20-11-14(2)8-15(3)12-20/h6-7,9,14-15,19H,5,8,10-13H2,1-4H3. The molecular weight excluding hydrogens is 260 g/mol. The number of rotatable bonds is 6. The van der Waals surface area contributed by atoms with Gasteiger partial charge in [0.15, 0.2) is 0 Å². The Morgan fingerprint density at radius 3 is 2.57 bits per heavy atom. The molecule has 3 heteroatoms. The number of benzene rings is 1. The zero-order valence-electron chi connectivity index (χ0n) is 14.0. The van der Waals surface area contributed by atoms with Crippen molar-refractivity contribution >= 4 is 0 Å². The van der Waals surface area contributed by atoms with Crippen molar-refractivity contribution in [1.29, 1.82) is 0 Å². The molecule has 1 saturated heterocycles. The van der Waals surface area contributed by atoms with E-state index in [0.29, 0.717) is 0 Å². The van der Waals surface area contributed by atoms with E-state index >= 15 is 0 Å². The fourth-order valence-corrected chi connectivity index (χ4v) is 3.47. The molecule has 1 aliphatic rings. The smallest absolute Gasteiger partial charge is 0.123 e. The summed E-state index contributed by atoms with van der Waals surface area (Å²) in [4.78, 5) is 2.58. The van der Waals surface area contributed by atoms with E-state index in [0.717, 1.165) is 37.2 Å². The van der Waals surface area contributed by atoms with Gasteiger partial charge in [-0.05, 0) is 36.4 Å². The highest BCUT2D eigenvalue weighted by atomic mass is 16.5. The molecule has 2 atom stereocenters. The molecule has 0 amide bonds. The van der Waals surface area contributed by atoms with Crippen LogP contribution in [-0.2, 0) is 13.1 Å². The van der Waals surface area contributed by atoms with Crippen LogP contribution in [0.15, 0.2) is 18.2 Å². The first-order valence-electron chi connectivity index (χ1n) is 8.21. The van der Waals surface area contributed by atoms with Gasteiger partial charge in [-0.2, -0.15) is 0 Å². The van der Waals surface area contributed by atoms with Crippen LogP contribution in [0.5, 0.6) is 5.75 Å². The first-order valence-corrected chi connectivity index (χ1v) is 8.21. The molecule has 0 saturated carbocycles. The maximum atomic E-state index is 5.56. The summed E-state index contributed by atoms with van der Waals surface area (Å²) in [6.07, 6.45) is 1.36. The summed E-state index contributed by atoms with van der Waals surface area (Å²) in [6.45, 7) is 12.2. The molecule has 1 aliphatic heterocycles. The average Bonchev–Trinajstić information content (AvgIpc) is 2.44. The fraction of sp³-hybridized carbons (Fsp3) is 0.667. The van der Waals surface area contributed by atoms with E-state index in [1.165, 1.54) is 30.6 Å². The van der Waals surface area contributed by atoms with E-state index in [1.807, 2.05) is 0 Å². The van der Waals surface area contributed by atoms with E-state index in [9.17, 15) is 0 Å². The molecule has 0 aliphatic carbocycles. The highest BCUT2D eigenvalue weighted by Gasteiger charge is 2.21. The summed E-state index contributed by atoms with van der Waals surface area (Å²) in [7, 11) is 1.76. The minimum absolute atomic E-state index is 0.809. The van der Waals surface area contributed by atoms with Crippen molar-refractivity contribution in [3.63, 3.8) is 0 Å². The molecule has 1 N–H and O–H groups in total. The molecule has 0 aromatic heterocycles. The molecule has 0 bridgehead atoms. The predicted octanol–water partition coefficient (Wildman–Crippen LogP) is 3.28. The zero-order chi connectivity index (χ0) is 15.2. The molecule has 1 fully saturated rings. The number of hydrogen-bond acceptors (Lipinski definition) is 3. The van der Waals surface area contributed by atoms with Crippen molar-refractivity contribution in [3.05, 3.63) is 29.3 Å². The summed E-state index contributed by atoms with van der Waals surface area (Å²) < 4.78 is 5.56. The Morgan fingerprint density at radius 2 is 1.95 bits per heavy atom. The topological polar surface area (TPSA) is 24.5 Å². The molecule has 0 spiro atoms. The van der Waals surface area contributed by atoms with Gasteiger partial charge in [-0.25, -0.2) is 0 Å². The zero-order valence-corrected chi connectivity index (χ0v) is 14.0. The fourth-order valence-electron chi connectivity index (χ4n) is 3.47. The van der Waals surface area contributed by atoms with Crippen molar-refractivity contribution < 1.29 is 4.74 Å². The van der Waals surface area contributed by atoms with Crippen LogP contribution in [0.3, 0.4) is 0 Å². The highest BCUT2D eigenvalue weighted by molar-refractivity contribution is 5.37. The first kappa shape index (κ1) is 16.3. The van der Waals surface area contributed by atoms with Crippen molar-refractivity contribution in [2.45, 2.75) is 40.3 Å². The van der Waals surface area contributed by atoms with Gasteiger partial charge in [-0.3, -0.25) is 4.90 Å². The number of methoxy groups -OCH3 is 1. The van der Waals surface area contributed by atoms with E-state index in [1.54, 1.807) is 7.11 Å². The summed E-state index contributed by atoms with van der Waals surface area (Å²) >= 11 is 0. The van der Waals surface area contributed by atoms with Gasteiger partial charge in [0.25, 0.3) is 0 Å². The largest absolute Gasteiger partial charge is 0.496 e. The summed E-state index contributed by atoms with van der Waals surface area (Å²) in [5.74, 6) is 2.62. The number of nitrogens with one attached hydrogen (secondary N) is 1. The molecule has 0 radical (unpaired) electrons. The van der Waals surface area contributed by atoms with Crippen LogP contribution in [0, 0.1) is 11.8 Å². The number of ether oxygens (including phenoxy) is 1. The Kier molecular flexibility index (Phi) is 6.07. The normalized spacial score (nSPS) is 23.2. The lowest BCUT2D eigenvalue weighted by molar-refractivity contribution is 0.134. The Bertz CT molecular complexity index is 437. The molecule has 1 aromatic rings. The minimum Gasteiger partial charge on any atom is -0.496 e. The van der Waals surface area contributed by atoms with Crippen molar-refractivity contribution in [3.8, 4) is 5.75 Å². The lowest BCUT2D eigenvalue weighted by Gasteiger charge is -2.35. The second-order valence-electron chi connectivity index (χ2n) is 6.57. The number of hydrogen-bond donors (Lipinski definition) is 1. The van der Waals surface area contributed by atoms with E-state index < -0.39 is 0 Å². The Morgan fingerprint density at radius 1 is 1.24 bits per heavy atom. The predicted molar refractivity (Wildman–Crippen MR) is 88.6 cm³/mol. The number of likely N-dealkylation sites (tertiary alicyclic amines) is 1. The second kappa shape index (κ2) is 7.81. The molecule has 21 heavy (non-hydrogen) atoms. The average molecular weight is 290 g/mol. The first-order chi connectivity index (χ1) is 10.1. The third-order valence-corrected chi connectivity index (χ3v) is 4.27. The van der Waals surface area contributed by atoms with Crippen LogP contribution in [0.4, 0.5) is 0 Å². The second-order valence-corrected chi connectivity index (χ2v) is 6.57. The van der Waals surface area contributed by atoms with Crippen molar-refractivity contribution in [2.75, 3.05) is 26.7 Å². The minimum atomic E-state index is 0.809. The van der Waals surface area contributed by atoms with Crippen LogP contribution in [0.1, 0.15) is 38.3 Å². The third kappa shape index (κ3) is 4.72. The molecule has 1 aromatic carbocycles. The molecule has 3 nitrogen and oxygen atoms in total. The quantitative estimate of drug-likeness (QED) is 0.870. The summed E-state index contributed by atoms with van der Waals surface area (Å²) in [5.41, 5.74) is 2.59. The van der Waals surface area contributed by atoms with E-state index in [2.05, 4.69) is 49.2 Å². The summed E-state index contributed by atoms with van der Waals surface area (Å²) in [5, 5.41) is 3.36. The molecule has 118 valence electrons. The van der Waals surface area contributed by atoms with Gasteiger partial charge in [-0.15, -0.1) is 0 Å².